The third-order valence-corrected chi connectivity index (χ3v) is 11.3. The molecule has 1 heterocycles. The van der Waals surface area contributed by atoms with Crippen LogP contribution >= 0.6 is 0 Å². The second-order valence-electron chi connectivity index (χ2n) is 14.7. The highest BCUT2D eigenvalue weighted by Gasteiger charge is 2.22. The number of hydrogen-bond donors (Lipinski definition) is 0. The van der Waals surface area contributed by atoms with Gasteiger partial charge in [0.25, 0.3) is 0 Å². The Labute approximate surface area is 336 Å². The van der Waals surface area contributed by atoms with E-state index in [9.17, 15) is 0 Å². The van der Waals surface area contributed by atoms with Crippen molar-refractivity contribution in [3.63, 3.8) is 0 Å². The summed E-state index contributed by atoms with van der Waals surface area (Å²) >= 11 is 0. The van der Waals surface area contributed by atoms with Crippen molar-refractivity contribution in [3.05, 3.63) is 212 Å². The normalized spacial score (nSPS) is 11.4. The molecule has 3 nitrogen and oxygen atoms in total. The van der Waals surface area contributed by atoms with Crippen molar-refractivity contribution >= 4 is 43.1 Å². The van der Waals surface area contributed by atoms with Crippen LogP contribution in [-0.2, 0) is 0 Å². The van der Waals surface area contributed by atoms with Gasteiger partial charge in [-0.1, -0.05) is 206 Å². The van der Waals surface area contributed by atoms with E-state index in [-0.39, 0.29) is 0 Å². The molecule has 0 fully saturated rings. The third kappa shape index (κ3) is 5.64. The van der Waals surface area contributed by atoms with Crippen molar-refractivity contribution in [2.24, 2.45) is 0 Å². The van der Waals surface area contributed by atoms with Gasteiger partial charge in [0.1, 0.15) is 0 Å². The highest BCUT2D eigenvalue weighted by Crippen LogP contribution is 2.48. The zero-order chi connectivity index (χ0) is 38.4. The standard InChI is InChI=1S/C55H35N3/c1-4-18-36(19-5-1)39-32-33-48(41-25-11-10-24-40(39)41)51-44-28-14-16-30-46(44)52(47-31-17-15-29-45(47)51)49-34-35-50(43-27-13-12-26-42(43)49)55-57-53(37-20-6-2-7-21-37)56-54(58-55)38-22-8-3-9-23-38/h1-35H. The van der Waals surface area contributed by atoms with Gasteiger partial charge in [0.2, 0.25) is 0 Å². The minimum Gasteiger partial charge on any atom is -0.208 e. The average molecular weight is 738 g/mol. The van der Waals surface area contributed by atoms with E-state index < -0.39 is 0 Å². The summed E-state index contributed by atoms with van der Waals surface area (Å²) in [5.41, 5.74) is 10.2. The maximum Gasteiger partial charge on any atom is 0.164 e. The van der Waals surface area contributed by atoms with Crippen LogP contribution in [0, 0.1) is 0 Å². The second kappa shape index (κ2) is 14.1. The number of hydrogen-bond acceptors (Lipinski definition) is 3. The Morgan fingerprint density at radius 2 is 0.466 bits per heavy atom. The summed E-state index contributed by atoms with van der Waals surface area (Å²) in [7, 11) is 0. The first-order chi connectivity index (χ1) is 28.8. The van der Waals surface area contributed by atoms with Crippen molar-refractivity contribution in [1.82, 2.24) is 15.0 Å². The molecular weight excluding hydrogens is 703 g/mol. The van der Waals surface area contributed by atoms with Crippen LogP contribution in [0.5, 0.6) is 0 Å². The Morgan fingerprint density at radius 3 is 0.879 bits per heavy atom. The van der Waals surface area contributed by atoms with E-state index in [1.807, 2.05) is 36.4 Å². The van der Waals surface area contributed by atoms with E-state index >= 15 is 0 Å². The first-order valence-electron chi connectivity index (χ1n) is 19.7. The predicted octanol–water partition coefficient (Wildman–Crippen LogP) is 14.5. The van der Waals surface area contributed by atoms with Gasteiger partial charge in [0.15, 0.2) is 17.5 Å². The summed E-state index contributed by atoms with van der Waals surface area (Å²) in [5.74, 6) is 1.94. The fourth-order valence-electron chi connectivity index (χ4n) is 8.74. The molecular formula is C55H35N3. The molecule has 0 radical (unpaired) electrons. The fourth-order valence-corrected chi connectivity index (χ4v) is 8.74. The molecule has 0 bridgehead atoms. The summed E-state index contributed by atoms with van der Waals surface area (Å²) in [6.07, 6.45) is 0. The summed E-state index contributed by atoms with van der Waals surface area (Å²) in [6, 6.07) is 75.4. The van der Waals surface area contributed by atoms with Crippen molar-refractivity contribution in [3.8, 4) is 67.5 Å². The van der Waals surface area contributed by atoms with Crippen LogP contribution in [0.4, 0.5) is 0 Å². The van der Waals surface area contributed by atoms with Crippen LogP contribution < -0.4 is 0 Å². The zero-order valence-corrected chi connectivity index (χ0v) is 31.5. The maximum atomic E-state index is 5.13. The largest absolute Gasteiger partial charge is 0.208 e. The summed E-state index contributed by atoms with van der Waals surface area (Å²) < 4.78 is 0. The van der Waals surface area contributed by atoms with Gasteiger partial charge in [0, 0.05) is 16.7 Å². The Balaban J connectivity index is 1.16. The van der Waals surface area contributed by atoms with Crippen LogP contribution in [-0.4, -0.2) is 15.0 Å². The first-order valence-corrected chi connectivity index (χ1v) is 19.7. The van der Waals surface area contributed by atoms with Crippen molar-refractivity contribution in [2.45, 2.75) is 0 Å². The van der Waals surface area contributed by atoms with Crippen LogP contribution in [0.1, 0.15) is 0 Å². The number of benzene rings is 10. The molecule has 0 aliphatic heterocycles. The van der Waals surface area contributed by atoms with E-state index in [2.05, 4.69) is 176 Å². The minimum absolute atomic E-state index is 0.645. The van der Waals surface area contributed by atoms with Gasteiger partial charge in [-0.3, -0.25) is 0 Å². The van der Waals surface area contributed by atoms with Gasteiger partial charge in [-0.05, 0) is 82.5 Å². The minimum atomic E-state index is 0.645. The number of nitrogens with zero attached hydrogens (tertiary/aromatic N) is 3. The molecule has 11 rings (SSSR count). The summed E-state index contributed by atoms with van der Waals surface area (Å²) in [5, 5.41) is 9.58. The van der Waals surface area contributed by atoms with Crippen molar-refractivity contribution in [1.29, 1.82) is 0 Å². The molecule has 1 aromatic heterocycles. The lowest BCUT2D eigenvalue weighted by atomic mass is 9.82. The summed E-state index contributed by atoms with van der Waals surface area (Å²) in [6.45, 7) is 0. The maximum absolute atomic E-state index is 5.13. The molecule has 0 N–H and O–H groups in total. The lowest BCUT2D eigenvalue weighted by Crippen LogP contribution is -2.00. The predicted molar refractivity (Wildman–Crippen MR) is 242 cm³/mol. The number of rotatable bonds is 6. The van der Waals surface area contributed by atoms with Gasteiger partial charge < -0.3 is 0 Å². The van der Waals surface area contributed by atoms with Crippen LogP contribution in [0.25, 0.3) is 111 Å². The molecule has 3 heteroatoms. The van der Waals surface area contributed by atoms with Crippen LogP contribution in [0.2, 0.25) is 0 Å². The monoisotopic (exact) mass is 737 g/mol. The van der Waals surface area contributed by atoms with Gasteiger partial charge in [0.05, 0.1) is 0 Å². The first kappa shape index (κ1) is 33.6. The zero-order valence-electron chi connectivity index (χ0n) is 31.5. The van der Waals surface area contributed by atoms with Crippen molar-refractivity contribution < 1.29 is 0 Å². The van der Waals surface area contributed by atoms with E-state index in [4.69, 9.17) is 15.0 Å². The molecule has 0 aliphatic rings. The Morgan fingerprint density at radius 1 is 0.190 bits per heavy atom. The average Bonchev–Trinajstić information content (AvgIpc) is 3.31. The van der Waals surface area contributed by atoms with Crippen molar-refractivity contribution in [2.75, 3.05) is 0 Å². The molecule has 0 unspecified atom stereocenters. The highest BCUT2D eigenvalue weighted by molar-refractivity contribution is 6.26. The van der Waals surface area contributed by atoms with E-state index in [1.165, 1.54) is 65.7 Å². The Hall–Kier alpha value is -7.75. The smallest absolute Gasteiger partial charge is 0.164 e. The summed E-state index contributed by atoms with van der Waals surface area (Å²) in [4.78, 5) is 15.2. The molecule has 0 aliphatic carbocycles. The molecule has 58 heavy (non-hydrogen) atoms. The molecule has 0 saturated heterocycles. The lowest BCUT2D eigenvalue weighted by Gasteiger charge is -2.21. The van der Waals surface area contributed by atoms with Gasteiger partial charge in [-0.2, -0.15) is 0 Å². The molecule has 0 atom stereocenters. The van der Waals surface area contributed by atoms with E-state index in [1.54, 1.807) is 0 Å². The molecule has 11 aromatic rings. The van der Waals surface area contributed by atoms with Gasteiger partial charge >= 0.3 is 0 Å². The highest BCUT2D eigenvalue weighted by atomic mass is 15.0. The Kier molecular flexibility index (Phi) is 8.15. The number of fused-ring (bicyclic) bond motifs is 4. The Bertz CT molecular complexity index is 3210. The number of aromatic nitrogens is 3. The SMILES string of the molecule is c1ccc(-c2nc(-c3ccccc3)nc(-c3ccc(-c4c5ccccc5c(-c5ccc(-c6ccccc6)c6ccccc56)c5ccccc45)c4ccccc34)n2)cc1. The third-order valence-electron chi connectivity index (χ3n) is 11.3. The molecule has 270 valence electrons. The van der Waals surface area contributed by atoms with Gasteiger partial charge in [-0.25, -0.2) is 15.0 Å². The molecule has 0 amide bonds. The molecule has 0 spiro atoms. The fraction of sp³-hybridized carbons (Fsp3) is 0. The van der Waals surface area contributed by atoms with Crippen LogP contribution in [0.15, 0.2) is 212 Å². The molecule has 0 saturated carbocycles. The topological polar surface area (TPSA) is 38.7 Å². The van der Waals surface area contributed by atoms with E-state index in [0.717, 1.165) is 27.5 Å². The van der Waals surface area contributed by atoms with Crippen LogP contribution in [0.3, 0.4) is 0 Å². The van der Waals surface area contributed by atoms with Gasteiger partial charge in [-0.15, -0.1) is 0 Å². The second-order valence-corrected chi connectivity index (χ2v) is 14.7. The molecule has 10 aromatic carbocycles. The lowest BCUT2D eigenvalue weighted by molar-refractivity contribution is 1.08. The quantitative estimate of drug-likeness (QED) is 0.160. The van der Waals surface area contributed by atoms with E-state index in [0.29, 0.717) is 17.5 Å².